The van der Waals surface area contributed by atoms with Crippen molar-refractivity contribution >= 4 is 7.05 Å². The van der Waals surface area contributed by atoms with Gasteiger partial charge in [0.05, 0.1) is 0 Å². The van der Waals surface area contributed by atoms with E-state index in [0.29, 0.717) is 0 Å². The molecule has 0 aliphatic heterocycles. The van der Waals surface area contributed by atoms with Gasteiger partial charge in [0.2, 0.25) is 0 Å². The van der Waals surface area contributed by atoms with Crippen LogP contribution in [0.2, 0.25) is 0 Å². The number of hydrogen-bond donors (Lipinski definition) is 0. The molecule has 0 atom stereocenters. The second-order valence-corrected chi connectivity index (χ2v) is 2.34. The Morgan fingerprint density at radius 3 is 2.44 bits per heavy atom. The molecule has 1 nitrogen and oxygen atoms in total. The van der Waals surface area contributed by atoms with Crippen molar-refractivity contribution in [2.75, 3.05) is 0 Å². The zero-order chi connectivity index (χ0) is 6.85. The van der Waals surface area contributed by atoms with Crippen LogP contribution in [-0.4, -0.2) is 11.9 Å². The molecule has 0 aliphatic carbocycles. The number of rotatable bonds is 0. The van der Waals surface area contributed by atoms with Gasteiger partial charge >= 0.3 is 55.5 Å². The Hall–Kier alpha value is -0.655. The third-order valence-electron chi connectivity index (χ3n) is 1.73. The molecule has 0 unspecified atom stereocenters. The summed E-state index contributed by atoms with van der Waals surface area (Å²) >= 11 is 0. The van der Waals surface area contributed by atoms with E-state index in [0.717, 1.165) is 5.69 Å². The fraction of sp³-hybridized carbons (Fsp3) is 0.429. The molecule has 0 radical (unpaired) electrons. The van der Waals surface area contributed by atoms with Gasteiger partial charge in [-0.3, -0.25) is 0 Å². The van der Waals surface area contributed by atoms with Gasteiger partial charge in [-0.2, -0.15) is 0 Å². The van der Waals surface area contributed by atoms with Crippen LogP contribution in [0.1, 0.15) is 16.8 Å². The predicted octanol–water partition coefficient (Wildman–Crippen LogP) is 1.34. The number of nitrogens with zero attached hydrogens (tertiary/aromatic N) is 1. The van der Waals surface area contributed by atoms with Crippen LogP contribution in [-0.2, 0) is 0 Å². The zero-order valence-corrected chi connectivity index (χ0v) is 6.10. The first kappa shape index (κ1) is 6.46. The molecule has 2 heteroatoms. The Balaban J connectivity index is 3.25. The van der Waals surface area contributed by atoms with Crippen LogP contribution in [0, 0.1) is 20.8 Å². The first-order chi connectivity index (χ1) is 4.22. The van der Waals surface area contributed by atoms with Gasteiger partial charge in [-0.15, -0.1) is 0 Å². The van der Waals surface area contributed by atoms with Crippen molar-refractivity contribution in [1.82, 2.24) is 4.89 Å². The van der Waals surface area contributed by atoms with E-state index in [1.165, 1.54) is 11.1 Å². The molecule has 0 N–H and O–H groups in total. The van der Waals surface area contributed by atoms with Crippen molar-refractivity contribution in [2.24, 2.45) is 0 Å². The first-order valence-electron chi connectivity index (χ1n) is 3.10. The van der Waals surface area contributed by atoms with Crippen molar-refractivity contribution in [1.29, 1.82) is 0 Å². The molecule has 0 bridgehead atoms. The minimum atomic E-state index is 1.13. The molecule has 0 saturated heterocycles. The molecule has 0 amide bonds. The molecule has 1 aromatic rings. The molecule has 0 saturated carbocycles. The summed E-state index contributed by atoms with van der Waals surface area (Å²) in [7, 11) is 1.84. The minimum absolute atomic E-state index is 1.13. The van der Waals surface area contributed by atoms with Crippen molar-refractivity contribution in [3.8, 4) is 0 Å². The third-order valence-corrected chi connectivity index (χ3v) is 1.73. The predicted molar refractivity (Wildman–Crippen MR) is 39.8 cm³/mol. The fourth-order valence-corrected chi connectivity index (χ4v) is 0.768. The van der Waals surface area contributed by atoms with Crippen LogP contribution in [0.3, 0.4) is 0 Å². The van der Waals surface area contributed by atoms with E-state index in [1.54, 1.807) is 0 Å². The van der Waals surface area contributed by atoms with Crippen LogP contribution in [0.5, 0.6) is 0 Å². The molecule has 1 rings (SSSR count). The molecule has 1 aromatic heterocycles. The summed E-state index contributed by atoms with van der Waals surface area (Å²) in [5, 5.41) is 0. The summed E-state index contributed by atoms with van der Waals surface area (Å²) in [5.41, 5.74) is 3.76. The summed E-state index contributed by atoms with van der Waals surface area (Å²) < 4.78 is 0. The fourth-order valence-electron chi connectivity index (χ4n) is 0.768. The van der Waals surface area contributed by atoms with E-state index in [1.807, 2.05) is 19.9 Å². The molecule has 46 valence electrons. The van der Waals surface area contributed by atoms with Gasteiger partial charge in [0.15, 0.2) is 0 Å². The van der Waals surface area contributed by atoms with E-state index in [4.69, 9.17) is 0 Å². The SMILES string of the molecule is Cc1cbnc(C)c1C. The molecule has 0 fully saturated rings. The van der Waals surface area contributed by atoms with E-state index >= 15 is 0 Å². The average Bonchev–Trinajstić information content (AvgIpc) is 1.83. The van der Waals surface area contributed by atoms with Crippen molar-refractivity contribution in [2.45, 2.75) is 20.8 Å². The Morgan fingerprint density at radius 1 is 1.33 bits per heavy atom. The monoisotopic (exact) mass is 119 g/mol. The molecular formula is C7H10BN. The van der Waals surface area contributed by atoms with Gasteiger partial charge < -0.3 is 0 Å². The standard InChI is InChI=1S/C7H10BN/c1-5-4-8-9-7(3)6(5)2/h4H,1-3H3. The number of aryl methyl sites for hydroxylation is 2. The maximum absolute atomic E-state index is 4.14. The van der Waals surface area contributed by atoms with Gasteiger partial charge in [0, 0.05) is 0 Å². The van der Waals surface area contributed by atoms with Crippen molar-refractivity contribution in [3.05, 3.63) is 22.8 Å². The summed E-state index contributed by atoms with van der Waals surface area (Å²) in [5.74, 6) is 2.03. The Morgan fingerprint density at radius 2 is 2.00 bits per heavy atom. The first-order valence-corrected chi connectivity index (χ1v) is 3.10. The molecule has 9 heavy (non-hydrogen) atoms. The summed E-state index contributed by atoms with van der Waals surface area (Å²) in [4.78, 5) is 4.14. The van der Waals surface area contributed by atoms with E-state index in [2.05, 4.69) is 18.7 Å². The number of aromatic nitrogens is 1. The van der Waals surface area contributed by atoms with Gasteiger partial charge in [-0.25, -0.2) is 0 Å². The zero-order valence-electron chi connectivity index (χ0n) is 6.10. The van der Waals surface area contributed by atoms with Gasteiger partial charge in [-0.05, 0) is 0 Å². The average molecular weight is 119 g/mol. The summed E-state index contributed by atoms with van der Waals surface area (Å²) in [6.07, 6.45) is 0. The summed E-state index contributed by atoms with van der Waals surface area (Å²) in [6.45, 7) is 6.23. The van der Waals surface area contributed by atoms with Gasteiger partial charge in [0.25, 0.3) is 0 Å². The second kappa shape index (κ2) is 2.30. The van der Waals surface area contributed by atoms with Crippen LogP contribution in [0.4, 0.5) is 0 Å². The van der Waals surface area contributed by atoms with Crippen LogP contribution in [0.15, 0.2) is 5.96 Å². The normalized spacial score (nSPS) is 9.22. The Kier molecular flexibility index (Phi) is 1.65. The molecular weight excluding hydrogens is 109 g/mol. The maximum atomic E-state index is 4.14. The molecule has 0 spiro atoms. The van der Waals surface area contributed by atoms with Crippen molar-refractivity contribution < 1.29 is 0 Å². The van der Waals surface area contributed by atoms with E-state index < -0.39 is 0 Å². The third kappa shape index (κ3) is 1.18. The molecule has 0 aliphatic rings. The second-order valence-electron chi connectivity index (χ2n) is 2.34. The van der Waals surface area contributed by atoms with Gasteiger partial charge in [-0.1, -0.05) is 0 Å². The molecule has 0 aromatic carbocycles. The van der Waals surface area contributed by atoms with Crippen LogP contribution >= 0.6 is 0 Å². The number of hydrogen-bond acceptors (Lipinski definition) is 1. The molecule has 1 heterocycles. The quantitative estimate of drug-likeness (QED) is 0.502. The topological polar surface area (TPSA) is 12.9 Å². The van der Waals surface area contributed by atoms with Crippen LogP contribution in [0.25, 0.3) is 0 Å². The Bertz CT molecular complexity index is 200. The van der Waals surface area contributed by atoms with E-state index in [9.17, 15) is 0 Å². The van der Waals surface area contributed by atoms with Gasteiger partial charge in [0.1, 0.15) is 0 Å². The van der Waals surface area contributed by atoms with E-state index in [-0.39, 0.29) is 0 Å². The van der Waals surface area contributed by atoms with Crippen molar-refractivity contribution in [3.63, 3.8) is 0 Å². The summed E-state index contributed by atoms with van der Waals surface area (Å²) in [6, 6.07) is 0. The van der Waals surface area contributed by atoms with Crippen LogP contribution < -0.4 is 0 Å². The Labute approximate surface area is 56.4 Å².